The highest BCUT2D eigenvalue weighted by Gasteiger charge is 2.26. The minimum atomic E-state index is -3.60. The molecule has 0 unspecified atom stereocenters. The summed E-state index contributed by atoms with van der Waals surface area (Å²) < 4.78 is 28.2. The number of hydrogen-bond acceptors (Lipinski definition) is 6. The highest BCUT2D eigenvalue weighted by atomic mass is 35.5. The van der Waals surface area contributed by atoms with Gasteiger partial charge in [-0.3, -0.25) is 10.1 Å². The molecule has 0 saturated heterocycles. The summed E-state index contributed by atoms with van der Waals surface area (Å²) >= 11 is 18.2. The van der Waals surface area contributed by atoms with Gasteiger partial charge in [0, 0.05) is 18.4 Å². The third kappa shape index (κ3) is 3.64. The van der Waals surface area contributed by atoms with E-state index >= 15 is 0 Å². The molecule has 0 atom stereocenters. The Morgan fingerprint density at radius 1 is 1.14 bits per heavy atom. The van der Waals surface area contributed by atoms with Gasteiger partial charge in [0.05, 0.1) is 20.0 Å². The Hall–Kier alpha value is -1.06. The summed E-state index contributed by atoms with van der Waals surface area (Å²) in [5.41, 5.74) is -0.479. The van der Waals surface area contributed by atoms with Crippen molar-refractivity contribution in [2.45, 2.75) is 4.21 Å². The van der Waals surface area contributed by atoms with E-state index in [1.165, 1.54) is 12.1 Å². The van der Waals surface area contributed by atoms with Gasteiger partial charge in [-0.15, -0.1) is 0 Å². The second kappa shape index (κ2) is 6.21. The van der Waals surface area contributed by atoms with Gasteiger partial charge in [0.25, 0.3) is 5.06 Å². The summed E-state index contributed by atoms with van der Waals surface area (Å²) in [6.45, 7) is 0. The molecular weight excluding hydrogens is 397 g/mol. The molecule has 1 heterocycles. The van der Waals surface area contributed by atoms with Gasteiger partial charge in [-0.2, -0.15) is 0 Å². The Bertz CT molecular complexity index is 863. The fourth-order valence-corrected chi connectivity index (χ4v) is 3.87. The highest BCUT2D eigenvalue weighted by molar-refractivity contribution is 7.92. The number of halogens is 3. The average molecular weight is 403 g/mol. The maximum atomic E-state index is 11.5. The fourth-order valence-electron chi connectivity index (χ4n) is 1.41. The summed E-state index contributed by atoms with van der Waals surface area (Å²) in [7, 11) is -3.60. The van der Waals surface area contributed by atoms with E-state index < -0.39 is 20.4 Å². The van der Waals surface area contributed by atoms with Gasteiger partial charge >= 0.3 is 5.69 Å². The van der Waals surface area contributed by atoms with Gasteiger partial charge in [-0.05, 0) is 6.07 Å². The molecule has 0 aliphatic carbocycles. The van der Waals surface area contributed by atoms with Gasteiger partial charge < -0.3 is 4.74 Å². The van der Waals surface area contributed by atoms with Crippen molar-refractivity contribution in [3.63, 3.8) is 0 Å². The van der Waals surface area contributed by atoms with Crippen molar-refractivity contribution in [1.82, 2.24) is 0 Å². The van der Waals surface area contributed by atoms with Crippen LogP contribution < -0.4 is 4.74 Å². The monoisotopic (exact) mass is 401 g/mol. The van der Waals surface area contributed by atoms with Crippen molar-refractivity contribution in [3.8, 4) is 10.8 Å². The summed E-state index contributed by atoms with van der Waals surface area (Å²) in [6.07, 6.45) is 0.943. The lowest BCUT2D eigenvalue weighted by molar-refractivity contribution is -0.385. The zero-order valence-electron chi connectivity index (χ0n) is 10.7. The number of ether oxygens (including phenoxy) is 1. The van der Waals surface area contributed by atoms with E-state index in [0.717, 1.165) is 12.3 Å². The molecule has 0 aliphatic rings. The number of nitro groups is 1. The van der Waals surface area contributed by atoms with E-state index in [9.17, 15) is 18.5 Å². The summed E-state index contributed by atoms with van der Waals surface area (Å²) in [5.74, 6) is 0.0288. The Morgan fingerprint density at radius 3 is 2.27 bits per heavy atom. The number of benzene rings is 1. The molecule has 11 heteroatoms. The maximum Gasteiger partial charge on any atom is 0.324 e. The lowest BCUT2D eigenvalue weighted by Crippen LogP contribution is -1.92. The number of thiophene rings is 1. The van der Waals surface area contributed by atoms with Crippen LogP contribution in [-0.2, 0) is 9.84 Å². The molecule has 6 nitrogen and oxygen atoms in total. The Morgan fingerprint density at radius 2 is 1.73 bits per heavy atom. The second-order valence-corrected chi connectivity index (χ2v) is 8.55. The van der Waals surface area contributed by atoms with E-state index in [0.29, 0.717) is 11.3 Å². The third-order valence-electron chi connectivity index (χ3n) is 2.40. The molecule has 0 amide bonds. The van der Waals surface area contributed by atoms with Gasteiger partial charge in [-0.1, -0.05) is 46.1 Å². The van der Waals surface area contributed by atoms with Gasteiger partial charge in [-0.25, -0.2) is 8.42 Å². The molecule has 0 radical (unpaired) electrons. The quantitative estimate of drug-likeness (QED) is 0.416. The van der Waals surface area contributed by atoms with Crippen LogP contribution in [0.15, 0.2) is 22.4 Å². The van der Waals surface area contributed by atoms with Crippen molar-refractivity contribution >= 4 is 61.7 Å². The molecule has 0 spiro atoms. The summed E-state index contributed by atoms with van der Waals surface area (Å²) in [6, 6.07) is 3.54. The molecule has 0 aliphatic heterocycles. The lowest BCUT2D eigenvalue weighted by Gasteiger charge is -2.06. The minimum absolute atomic E-state index is 0.0288. The van der Waals surface area contributed by atoms with Crippen LogP contribution in [0.5, 0.6) is 10.8 Å². The van der Waals surface area contributed by atoms with Crippen LogP contribution in [0.2, 0.25) is 15.1 Å². The molecule has 0 saturated carbocycles. The van der Waals surface area contributed by atoms with Gasteiger partial charge in [0.15, 0.2) is 9.84 Å². The largest absolute Gasteiger partial charge is 0.438 e. The average Bonchev–Trinajstić information content (AvgIpc) is 2.80. The predicted molar refractivity (Wildman–Crippen MR) is 85.6 cm³/mol. The number of nitrogens with zero attached hydrogens (tertiary/aromatic N) is 1. The molecular formula is C11H6Cl3NO5S2. The van der Waals surface area contributed by atoms with Crippen LogP contribution in [0.25, 0.3) is 0 Å². The predicted octanol–water partition coefficient (Wildman–Crippen LogP) is 4.81. The van der Waals surface area contributed by atoms with Crippen molar-refractivity contribution in [1.29, 1.82) is 0 Å². The normalized spacial score (nSPS) is 11.5. The SMILES string of the molecule is CS(=O)(=O)c1cc([N+](=O)[O-])c(Oc2cc(Cl)c(Cl)cc2Cl)s1. The lowest BCUT2D eigenvalue weighted by atomic mass is 10.3. The van der Waals surface area contributed by atoms with E-state index in [1.807, 2.05) is 0 Å². The van der Waals surface area contributed by atoms with Crippen LogP contribution in [0, 0.1) is 10.1 Å². The Labute approximate surface area is 144 Å². The van der Waals surface area contributed by atoms with E-state index in [4.69, 9.17) is 39.5 Å². The highest BCUT2D eigenvalue weighted by Crippen LogP contribution is 2.44. The first kappa shape index (κ1) is 17.3. The molecule has 22 heavy (non-hydrogen) atoms. The fraction of sp³-hybridized carbons (Fsp3) is 0.0909. The van der Waals surface area contributed by atoms with Crippen LogP contribution in [0.4, 0.5) is 5.69 Å². The molecule has 2 rings (SSSR count). The molecule has 1 aromatic carbocycles. The first-order valence-electron chi connectivity index (χ1n) is 5.40. The molecule has 0 bridgehead atoms. The molecule has 1 aromatic heterocycles. The molecule has 0 N–H and O–H groups in total. The first-order valence-corrected chi connectivity index (χ1v) is 9.24. The second-order valence-electron chi connectivity index (χ2n) is 4.07. The van der Waals surface area contributed by atoms with Crippen LogP contribution >= 0.6 is 46.1 Å². The molecule has 118 valence electrons. The van der Waals surface area contributed by atoms with E-state index in [1.54, 1.807) is 0 Å². The Kier molecular flexibility index (Phi) is 4.88. The van der Waals surface area contributed by atoms with E-state index in [-0.39, 0.29) is 30.1 Å². The van der Waals surface area contributed by atoms with Crippen molar-refractivity contribution < 1.29 is 18.1 Å². The van der Waals surface area contributed by atoms with Crippen molar-refractivity contribution in [3.05, 3.63) is 43.4 Å². The molecule has 2 aromatic rings. The zero-order chi connectivity index (χ0) is 16.7. The van der Waals surface area contributed by atoms with Crippen molar-refractivity contribution in [2.75, 3.05) is 6.26 Å². The summed E-state index contributed by atoms with van der Waals surface area (Å²) in [5, 5.41) is 11.2. The van der Waals surface area contributed by atoms with Gasteiger partial charge in [0.2, 0.25) is 0 Å². The zero-order valence-corrected chi connectivity index (χ0v) is 14.6. The smallest absolute Gasteiger partial charge is 0.324 e. The van der Waals surface area contributed by atoms with Crippen LogP contribution in [0.1, 0.15) is 0 Å². The number of hydrogen-bond donors (Lipinski definition) is 0. The standard InChI is InChI=1S/C11H6Cl3NO5S2/c1-22(18,19)10-4-8(15(16)17)11(21-10)20-9-3-6(13)5(12)2-7(9)14/h2-4H,1H3. The number of sulfone groups is 1. The summed E-state index contributed by atoms with van der Waals surface area (Å²) in [4.78, 5) is 10.3. The first-order chi connectivity index (χ1) is 10.1. The van der Waals surface area contributed by atoms with Crippen molar-refractivity contribution in [2.24, 2.45) is 0 Å². The minimum Gasteiger partial charge on any atom is -0.438 e. The maximum absolute atomic E-state index is 11.5. The van der Waals surface area contributed by atoms with Crippen LogP contribution in [0.3, 0.4) is 0 Å². The van der Waals surface area contributed by atoms with E-state index in [2.05, 4.69) is 0 Å². The third-order valence-corrected chi connectivity index (χ3v) is 6.22. The van der Waals surface area contributed by atoms with Crippen LogP contribution in [-0.4, -0.2) is 19.6 Å². The van der Waals surface area contributed by atoms with Gasteiger partial charge in [0.1, 0.15) is 9.96 Å². The molecule has 0 fully saturated rings. The topological polar surface area (TPSA) is 86.5 Å². The Balaban J connectivity index is 2.52. The number of rotatable bonds is 4.